The number of H-pyrrole nitrogens is 1. The lowest BCUT2D eigenvalue weighted by Crippen LogP contribution is -2.25. The molecule has 0 saturated carbocycles. The molecule has 1 aromatic heterocycles. The van der Waals surface area contributed by atoms with Crippen LogP contribution < -0.4 is 5.32 Å². The van der Waals surface area contributed by atoms with E-state index in [1.165, 1.54) is 22.3 Å². The summed E-state index contributed by atoms with van der Waals surface area (Å²) in [5, 5.41) is 6.07. The van der Waals surface area contributed by atoms with Crippen molar-refractivity contribution in [3.63, 3.8) is 0 Å². The number of hydrogen-bond acceptors (Lipinski definition) is 3. The lowest BCUT2D eigenvalue weighted by Gasteiger charge is -2.08. The third-order valence-corrected chi connectivity index (χ3v) is 4.44. The van der Waals surface area contributed by atoms with Gasteiger partial charge in [-0.3, -0.25) is 0 Å². The van der Waals surface area contributed by atoms with Gasteiger partial charge in [0.2, 0.25) is 0 Å². The number of fused-ring (bicyclic) bond motifs is 1. The van der Waals surface area contributed by atoms with E-state index in [2.05, 4.69) is 40.6 Å². The average molecular weight is 276 g/mol. The second-order valence-electron chi connectivity index (χ2n) is 5.00. The molecule has 3 nitrogen and oxygen atoms in total. The number of rotatable bonds is 6. The molecule has 3 rings (SSSR count). The molecule has 0 radical (unpaired) electrons. The van der Waals surface area contributed by atoms with Gasteiger partial charge in [0.15, 0.2) is 0 Å². The molecule has 2 aromatic rings. The maximum atomic E-state index is 5.37. The van der Waals surface area contributed by atoms with Crippen LogP contribution in [0.3, 0.4) is 0 Å². The standard InChI is InChI=1S/C15H20N2OS/c1-2-4-14-13(3-1)9-15(17-14)19-8-6-16-10-12-5-7-18-11-12/h1-4,9,12,16-17H,5-8,10-11H2. The smallest absolute Gasteiger partial charge is 0.0732 e. The van der Waals surface area contributed by atoms with E-state index in [-0.39, 0.29) is 0 Å². The molecule has 1 unspecified atom stereocenters. The van der Waals surface area contributed by atoms with Crippen LogP contribution in [0.25, 0.3) is 10.9 Å². The molecular formula is C15H20N2OS. The van der Waals surface area contributed by atoms with E-state index in [4.69, 9.17) is 4.74 Å². The van der Waals surface area contributed by atoms with Gasteiger partial charge in [-0.1, -0.05) is 18.2 Å². The summed E-state index contributed by atoms with van der Waals surface area (Å²) in [7, 11) is 0. The zero-order chi connectivity index (χ0) is 12.9. The lowest BCUT2D eigenvalue weighted by atomic mass is 10.1. The Morgan fingerprint density at radius 1 is 1.37 bits per heavy atom. The fourth-order valence-corrected chi connectivity index (χ4v) is 3.27. The van der Waals surface area contributed by atoms with Crippen molar-refractivity contribution in [1.82, 2.24) is 10.3 Å². The zero-order valence-corrected chi connectivity index (χ0v) is 11.8. The van der Waals surface area contributed by atoms with Gasteiger partial charge in [-0.25, -0.2) is 0 Å². The van der Waals surface area contributed by atoms with E-state index in [1.54, 1.807) is 0 Å². The fraction of sp³-hybridized carbons (Fsp3) is 0.467. The van der Waals surface area contributed by atoms with E-state index in [9.17, 15) is 0 Å². The molecule has 0 spiro atoms. The molecule has 1 aromatic carbocycles. The van der Waals surface area contributed by atoms with Crippen LogP contribution in [0.4, 0.5) is 0 Å². The molecule has 102 valence electrons. The van der Waals surface area contributed by atoms with Gasteiger partial charge in [0, 0.05) is 36.4 Å². The van der Waals surface area contributed by atoms with Gasteiger partial charge in [0.1, 0.15) is 0 Å². The van der Waals surface area contributed by atoms with Gasteiger partial charge in [-0.15, -0.1) is 11.8 Å². The molecule has 2 heterocycles. The largest absolute Gasteiger partial charge is 0.381 e. The monoisotopic (exact) mass is 276 g/mol. The van der Waals surface area contributed by atoms with Crippen LogP contribution in [-0.2, 0) is 4.74 Å². The molecule has 2 N–H and O–H groups in total. The minimum atomic E-state index is 0.720. The Hall–Kier alpha value is -0.970. The summed E-state index contributed by atoms with van der Waals surface area (Å²) in [4.78, 5) is 3.44. The predicted octanol–water partition coefficient (Wildman–Crippen LogP) is 2.89. The molecule has 1 aliphatic heterocycles. The van der Waals surface area contributed by atoms with E-state index in [1.807, 2.05) is 11.8 Å². The zero-order valence-electron chi connectivity index (χ0n) is 11.0. The van der Waals surface area contributed by atoms with Gasteiger partial charge in [-0.2, -0.15) is 0 Å². The lowest BCUT2D eigenvalue weighted by molar-refractivity contribution is 0.185. The number of thioether (sulfide) groups is 1. The summed E-state index contributed by atoms with van der Waals surface area (Å²) in [5.74, 6) is 1.82. The maximum absolute atomic E-state index is 5.37. The molecule has 0 aliphatic carbocycles. The Bertz CT molecular complexity index is 487. The number of hydrogen-bond donors (Lipinski definition) is 2. The van der Waals surface area contributed by atoms with Gasteiger partial charge in [-0.05, 0) is 24.5 Å². The highest BCUT2D eigenvalue weighted by Gasteiger charge is 2.14. The van der Waals surface area contributed by atoms with Gasteiger partial charge in [0.25, 0.3) is 0 Å². The number of aromatic nitrogens is 1. The number of ether oxygens (including phenoxy) is 1. The van der Waals surface area contributed by atoms with Crippen LogP contribution in [0.15, 0.2) is 35.4 Å². The average Bonchev–Trinajstić information content (AvgIpc) is 3.06. The summed E-state index contributed by atoms with van der Waals surface area (Å²) in [6, 6.07) is 10.6. The molecule has 1 saturated heterocycles. The third-order valence-electron chi connectivity index (χ3n) is 3.50. The summed E-state index contributed by atoms with van der Waals surface area (Å²) in [6.45, 7) is 4.02. The van der Waals surface area contributed by atoms with Crippen LogP contribution >= 0.6 is 11.8 Å². The summed E-state index contributed by atoms with van der Waals surface area (Å²) >= 11 is 1.88. The van der Waals surface area contributed by atoms with Gasteiger partial charge in [0.05, 0.1) is 11.6 Å². The second-order valence-corrected chi connectivity index (χ2v) is 6.14. The fourth-order valence-electron chi connectivity index (χ4n) is 2.41. The Labute approximate surface area is 118 Å². The van der Waals surface area contributed by atoms with Gasteiger partial charge < -0.3 is 15.0 Å². The molecule has 4 heteroatoms. The van der Waals surface area contributed by atoms with E-state index >= 15 is 0 Å². The Balaban J connectivity index is 1.39. The molecule has 0 bridgehead atoms. The molecule has 19 heavy (non-hydrogen) atoms. The van der Waals surface area contributed by atoms with Crippen molar-refractivity contribution in [1.29, 1.82) is 0 Å². The first-order valence-corrected chi connectivity index (χ1v) is 7.89. The first-order valence-electron chi connectivity index (χ1n) is 6.91. The van der Waals surface area contributed by atoms with E-state index in [0.717, 1.165) is 38.0 Å². The third kappa shape index (κ3) is 3.53. The van der Waals surface area contributed by atoms with Crippen LogP contribution in [-0.4, -0.2) is 37.0 Å². The predicted molar refractivity (Wildman–Crippen MR) is 80.8 cm³/mol. The minimum Gasteiger partial charge on any atom is -0.381 e. The van der Waals surface area contributed by atoms with Gasteiger partial charge >= 0.3 is 0 Å². The van der Waals surface area contributed by atoms with Crippen molar-refractivity contribution in [2.75, 3.05) is 32.1 Å². The summed E-state index contributed by atoms with van der Waals surface area (Å²) in [6.07, 6.45) is 1.21. The first kappa shape index (κ1) is 13.0. The summed E-state index contributed by atoms with van der Waals surface area (Å²) in [5.41, 5.74) is 1.22. The highest BCUT2D eigenvalue weighted by atomic mass is 32.2. The van der Waals surface area contributed by atoms with E-state index in [0.29, 0.717) is 0 Å². The second kappa shape index (κ2) is 6.46. The molecule has 1 aliphatic rings. The van der Waals surface area contributed by atoms with Crippen LogP contribution in [0, 0.1) is 5.92 Å². The van der Waals surface area contributed by atoms with Crippen LogP contribution in [0.5, 0.6) is 0 Å². The van der Waals surface area contributed by atoms with Crippen molar-refractivity contribution in [2.45, 2.75) is 11.4 Å². The SMILES string of the molecule is c1ccc2[nH]c(SCCNCC3CCOC3)cc2c1. The summed E-state index contributed by atoms with van der Waals surface area (Å²) < 4.78 is 5.37. The molecule has 1 atom stereocenters. The highest BCUT2D eigenvalue weighted by molar-refractivity contribution is 7.99. The number of nitrogens with one attached hydrogen (secondary N) is 2. The highest BCUT2D eigenvalue weighted by Crippen LogP contribution is 2.22. The molecule has 0 amide bonds. The Morgan fingerprint density at radius 3 is 3.16 bits per heavy atom. The first-order chi connectivity index (χ1) is 9.42. The van der Waals surface area contributed by atoms with Crippen molar-refractivity contribution in [2.24, 2.45) is 5.92 Å². The minimum absolute atomic E-state index is 0.720. The number of benzene rings is 1. The van der Waals surface area contributed by atoms with Crippen LogP contribution in [0.2, 0.25) is 0 Å². The van der Waals surface area contributed by atoms with Crippen molar-refractivity contribution in [3.05, 3.63) is 30.3 Å². The number of para-hydroxylation sites is 1. The van der Waals surface area contributed by atoms with Crippen molar-refractivity contribution < 1.29 is 4.74 Å². The Morgan fingerprint density at radius 2 is 2.32 bits per heavy atom. The molecular weight excluding hydrogens is 256 g/mol. The quantitative estimate of drug-likeness (QED) is 0.629. The van der Waals surface area contributed by atoms with Crippen molar-refractivity contribution >= 4 is 22.7 Å². The number of aromatic amines is 1. The molecule has 1 fully saturated rings. The van der Waals surface area contributed by atoms with Crippen LogP contribution in [0.1, 0.15) is 6.42 Å². The topological polar surface area (TPSA) is 37.0 Å². The van der Waals surface area contributed by atoms with E-state index < -0.39 is 0 Å². The van der Waals surface area contributed by atoms with Crippen molar-refractivity contribution in [3.8, 4) is 0 Å². The maximum Gasteiger partial charge on any atom is 0.0732 e. The normalized spacial score (nSPS) is 19.3. The Kier molecular flexibility index (Phi) is 4.43.